The Morgan fingerprint density at radius 1 is 1.40 bits per heavy atom. The lowest BCUT2D eigenvalue weighted by atomic mass is 10.4. The largest absolute Gasteiger partial charge is 0.461 e. The van der Waals surface area contributed by atoms with Gasteiger partial charge >= 0.3 is 5.97 Å². The smallest absolute Gasteiger partial charge is 0.363 e. The summed E-state index contributed by atoms with van der Waals surface area (Å²) < 4.78 is 4.88. The van der Waals surface area contributed by atoms with Crippen LogP contribution in [0.3, 0.4) is 0 Å². The third kappa shape index (κ3) is 3.75. The van der Waals surface area contributed by atoms with Crippen molar-refractivity contribution in [3.05, 3.63) is 30.3 Å². The van der Waals surface area contributed by atoms with E-state index in [2.05, 4.69) is 4.99 Å². The van der Waals surface area contributed by atoms with Crippen LogP contribution in [0.5, 0.6) is 0 Å². The molecule has 0 fully saturated rings. The second kappa shape index (κ2) is 6.24. The van der Waals surface area contributed by atoms with Crippen LogP contribution in [0.25, 0.3) is 0 Å². The number of esters is 1. The molecule has 0 aliphatic heterocycles. The van der Waals surface area contributed by atoms with E-state index in [1.165, 1.54) is 11.8 Å². The van der Waals surface area contributed by atoms with Gasteiger partial charge in [-0.1, -0.05) is 30.0 Å². The normalized spacial score (nSPS) is 11.2. The molecule has 0 bridgehead atoms. The van der Waals surface area contributed by atoms with Gasteiger partial charge in [-0.05, 0) is 19.1 Å². The van der Waals surface area contributed by atoms with Crippen molar-refractivity contribution < 1.29 is 9.53 Å². The van der Waals surface area contributed by atoms with Gasteiger partial charge in [0.2, 0.25) is 0 Å². The maximum absolute atomic E-state index is 11.4. The predicted molar refractivity (Wildman–Crippen MR) is 62.3 cm³/mol. The van der Waals surface area contributed by atoms with E-state index < -0.39 is 0 Å². The summed E-state index contributed by atoms with van der Waals surface area (Å²) in [5.74, 6) is -0.367. The van der Waals surface area contributed by atoms with E-state index in [0.29, 0.717) is 11.7 Å². The molecule has 0 saturated carbocycles. The molecule has 0 spiro atoms. The first-order valence-corrected chi connectivity index (χ1v) is 5.46. The highest BCUT2D eigenvalue weighted by molar-refractivity contribution is 8.15. The van der Waals surface area contributed by atoms with Crippen molar-refractivity contribution >= 4 is 22.8 Å². The van der Waals surface area contributed by atoms with Crippen LogP contribution in [0.4, 0.5) is 0 Å². The van der Waals surface area contributed by atoms with Crippen molar-refractivity contribution in [3.8, 4) is 0 Å². The van der Waals surface area contributed by atoms with Gasteiger partial charge in [-0.3, -0.25) is 4.99 Å². The lowest BCUT2D eigenvalue weighted by Gasteiger charge is -2.04. The molecule has 0 amide bonds. The molecule has 0 saturated heterocycles. The van der Waals surface area contributed by atoms with Crippen LogP contribution in [0.2, 0.25) is 0 Å². The zero-order chi connectivity index (χ0) is 11.1. The zero-order valence-corrected chi connectivity index (χ0v) is 9.58. The average Bonchev–Trinajstić information content (AvgIpc) is 2.27. The molecular formula is C11H13NO2S. The summed E-state index contributed by atoms with van der Waals surface area (Å²) in [4.78, 5) is 16.3. The maximum atomic E-state index is 11.4. The monoisotopic (exact) mass is 223 g/mol. The number of thioether (sulfide) groups is 1. The lowest BCUT2D eigenvalue weighted by Crippen LogP contribution is -2.14. The molecule has 15 heavy (non-hydrogen) atoms. The molecule has 1 rings (SSSR count). The number of rotatable bonds is 2. The summed E-state index contributed by atoms with van der Waals surface area (Å²) in [6.07, 6.45) is 0. The highest BCUT2D eigenvalue weighted by Gasteiger charge is 2.12. The molecule has 0 aliphatic rings. The Balaban J connectivity index is 2.67. The van der Waals surface area contributed by atoms with E-state index >= 15 is 0 Å². The fraction of sp³-hybridized carbons (Fsp3) is 0.273. The summed E-state index contributed by atoms with van der Waals surface area (Å²) in [7, 11) is 1.59. The summed E-state index contributed by atoms with van der Waals surface area (Å²) in [6, 6.07) is 9.61. The van der Waals surface area contributed by atoms with Crippen molar-refractivity contribution in [3.63, 3.8) is 0 Å². The number of hydrogen-bond acceptors (Lipinski definition) is 4. The van der Waals surface area contributed by atoms with Gasteiger partial charge in [0.15, 0.2) is 5.04 Å². The first-order chi connectivity index (χ1) is 7.27. The highest BCUT2D eigenvalue weighted by atomic mass is 32.2. The van der Waals surface area contributed by atoms with Crippen LogP contribution in [0.1, 0.15) is 6.92 Å². The molecule has 1 aromatic rings. The summed E-state index contributed by atoms with van der Waals surface area (Å²) in [6.45, 7) is 2.14. The van der Waals surface area contributed by atoms with Gasteiger partial charge in [-0.25, -0.2) is 4.79 Å². The Morgan fingerprint density at radius 2 is 2.07 bits per heavy atom. The van der Waals surface area contributed by atoms with E-state index in [1.54, 1.807) is 14.0 Å². The van der Waals surface area contributed by atoms with Gasteiger partial charge in [0.05, 0.1) is 6.61 Å². The number of aliphatic imine (C=N–C) groups is 1. The van der Waals surface area contributed by atoms with Gasteiger partial charge in [-0.2, -0.15) is 0 Å². The second-order valence-electron chi connectivity index (χ2n) is 2.66. The molecule has 0 unspecified atom stereocenters. The number of ether oxygens (including phenoxy) is 1. The van der Waals surface area contributed by atoms with Crippen molar-refractivity contribution in [2.75, 3.05) is 13.7 Å². The molecule has 3 nitrogen and oxygen atoms in total. The van der Waals surface area contributed by atoms with Gasteiger partial charge in [-0.15, -0.1) is 0 Å². The first kappa shape index (κ1) is 11.8. The molecule has 0 heterocycles. The van der Waals surface area contributed by atoms with E-state index in [4.69, 9.17) is 4.74 Å². The summed E-state index contributed by atoms with van der Waals surface area (Å²) in [5.41, 5.74) is 0. The van der Waals surface area contributed by atoms with Crippen LogP contribution in [-0.2, 0) is 9.53 Å². The minimum atomic E-state index is -0.367. The van der Waals surface area contributed by atoms with Gasteiger partial charge in [0.25, 0.3) is 0 Å². The zero-order valence-electron chi connectivity index (χ0n) is 8.77. The molecule has 4 heteroatoms. The molecule has 80 valence electrons. The van der Waals surface area contributed by atoms with Crippen LogP contribution in [0, 0.1) is 0 Å². The third-order valence-corrected chi connectivity index (χ3v) is 2.66. The maximum Gasteiger partial charge on any atom is 0.363 e. The Labute approximate surface area is 93.5 Å². The van der Waals surface area contributed by atoms with Gasteiger partial charge in [0, 0.05) is 11.9 Å². The number of hydrogen-bond donors (Lipinski definition) is 0. The molecule has 1 aromatic carbocycles. The number of carbonyl (C=O) groups excluding carboxylic acids is 1. The van der Waals surface area contributed by atoms with Crippen molar-refractivity contribution in [1.82, 2.24) is 0 Å². The topological polar surface area (TPSA) is 38.7 Å². The van der Waals surface area contributed by atoms with E-state index in [1.807, 2.05) is 30.3 Å². The molecular weight excluding hydrogens is 210 g/mol. The fourth-order valence-electron chi connectivity index (χ4n) is 0.972. The summed E-state index contributed by atoms with van der Waals surface area (Å²) in [5, 5.41) is 0.378. The third-order valence-electron chi connectivity index (χ3n) is 1.61. The van der Waals surface area contributed by atoms with Crippen LogP contribution in [0.15, 0.2) is 40.2 Å². The molecule has 0 atom stereocenters. The Hall–Kier alpha value is -1.29. The fourth-order valence-corrected chi connectivity index (χ4v) is 1.72. The standard InChI is InChI=1S/C11H13NO2S/c1-3-14-11(13)10(12-2)15-9-7-5-4-6-8-9/h4-8H,3H2,1-2H3. The van der Waals surface area contributed by atoms with Gasteiger partial charge < -0.3 is 4.74 Å². The minimum Gasteiger partial charge on any atom is -0.461 e. The van der Waals surface area contributed by atoms with E-state index in [-0.39, 0.29) is 5.97 Å². The molecule has 0 aliphatic carbocycles. The van der Waals surface area contributed by atoms with Crippen LogP contribution >= 0.6 is 11.8 Å². The second-order valence-corrected chi connectivity index (χ2v) is 3.73. The average molecular weight is 223 g/mol. The van der Waals surface area contributed by atoms with Crippen molar-refractivity contribution in [2.24, 2.45) is 4.99 Å². The van der Waals surface area contributed by atoms with Crippen molar-refractivity contribution in [2.45, 2.75) is 11.8 Å². The number of nitrogens with zero attached hydrogens (tertiary/aromatic N) is 1. The molecule has 0 aromatic heterocycles. The van der Waals surface area contributed by atoms with Crippen LogP contribution < -0.4 is 0 Å². The van der Waals surface area contributed by atoms with Gasteiger partial charge in [0.1, 0.15) is 0 Å². The first-order valence-electron chi connectivity index (χ1n) is 4.64. The van der Waals surface area contributed by atoms with Crippen molar-refractivity contribution in [1.29, 1.82) is 0 Å². The predicted octanol–water partition coefficient (Wildman–Crippen LogP) is 2.37. The Kier molecular flexibility index (Phi) is 4.90. The highest BCUT2D eigenvalue weighted by Crippen LogP contribution is 2.19. The minimum absolute atomic E-state index is 0.367. The summed E-state index contributed by atoms with van der Waals surface area (Å²) >= 11 is 1.31. The molecule has 0 N–H and O–H groups in total. The van der Waals surface area contributed by atoms with E-state index in [9.17, 15) is 4.79 Å². The Morgan fingerprint density at radius 3 is 2.60 bits per heavy atom. The quantitative estimate of drug-likeness (QED) is 0.334. The number of carbonyl (C=O) groups is 1. The lowest BCUT2D eigenvalue weighted by molar-refractivity contribution is -0.134. The van der Waals surface area contributed by atoms with Crippen LogP contribution in [-0.4, -0.2) is 24.7 Å². The van der Waals surface area contributed by atoms with E-state index in [0.717, 1.165) is 4.90 Å². The Bertz CT molecular complexity index is 349. The SMILES string of the molecule is CCOC(=O)C(=NC)Sc1ccccc1. The molecule has 0 radical (unpaired) electrons. The number of benzene rings is 1.